The molecule has 78 valence electrons. The van der Waals surface area contributed by atoms with Crippen LogP contribution in [0.5, 0.6) is 0 Å². The van der Waals surface area contributed by atoms with Gasteiger partial charge in [0.15, 0.2) is 0 Å². The molecule has 1 aliphatic rings. The van der Waals surface area contributed by atoms with Crippen molar-refractivity contribution in [1.29, 1.82) is 0 Å². The summed E-state index contributed by atoms with van der Waals surface area (Å²) < 4.78 is 0. The second-order valence-electron chi connectivity index (χ2n) is 3.74. The lowest BCUT2D eigenvalue weighted by atomic mass is 10.0. The predicted octanol–water partition coefficient (Wildman–Crippen LogP) is 0.441. The molecule has 3 nitrogen and oxygen atoms in total. The van der Waals surface area contributed by atoms with Crippen molar-refractivity contribution in [2.24, 2.45) is 0 Å². The molecule has 0 aromatic heterocycles. The molecule has 1 heterocycles. The van der Waals surface area contributed by atoms with Crippen molar-refractivity contribution in [1.82, 2.24) is 10.2 Å². The molecular formula is C10H22N2O. The second kappa shape index (κ2) is 5.58. The molecule has 1 saturated heterocycles. The standard InChI is InChI=1S/C10H22N2O/c1-3-9(4-2)12(5-6-13)10-7-11-8-10/h9-11,13H,3-8H2,1-2H3. The number of hydrogen-bond donors (Lipinski definition) is 2. The minimum absolute atomic E-state index is 0.285. The van der Waals surface area contributed by atoms with Crippen LogP contribution < -0.4 is 5.32 Å². The zero-order chi connectivity index (χ0) is 9.68. The Kier molecular flexibility index (Phi) is 4.70. The fourth-order valence-corrected chi connectivity index (χ4v) is 2.04. The molecule has 0 amide bonds. The van der Waals surface area contributed by atoms with Crippen LogP contribution in [0.4, 0.5) is 0 Å². The smallest absolute Gasteiger partial charge is 0.0558 e. The Morgan fingerprint density at radius 1 is 1.38 bits per heavy atom. The number of aliphatic hydroxyl groups excluding tert-OH is 1. The van der Waals surface area contributed by atoms with Crippen molar-refractivity contribution in [3.8, 4) is 0 Å². The fourth-order valence-electron chi connectivity index (χ4n) is 2.04. The maximum Gasteiger partial charge on any atom is 0.0558 e. The van der Waals surface area contributed by atoms with E-state index < -0.39 is 0 Å². The van der Waals surface area contributed by atoms with Crippen molar-refractivity contribution in [3.63, 3.8) is 0 Å². The van der Waals surface area contributed by atoms with Crippen molar-refractivity contribution in [2.75, 3.05) is 26.2 Å². The van der Waals surface area contributed by atoms with Crippen molar-refractivity contribution in [3.05, 3.63) is 0 Å². The summed E-state index contributed by atoms with van der Waals surface area (Å²) in [6.45, 7) is 7.76. The highest BCUT2D eigenvalue weighted by Crippen LogP contribution is 2.14. The summed E-state index contributed by atoms with van der Waals surface area (Å²) in [6, 6.07) is 1.32. The highest BCUT2D eigenvalue weighted by molar-refractivity contribution is 4.87. The monoisotopic (exact) mass is 186 g/mol. The van der Waals surface area contributed by atoms with Crippen LogP contribution in [-0.4, -0.2) is 48.3 Å². The lowest BCUT2D eigenvalue weighted by molar-refractivity contribution is 0.0689. The molecule has 0 atom stereocenters. The van der Waals surface area contributed by atoms with Crippen molar-refractivity contribution in [2.45, 2.75) is 38.8 Å². The number of hydrogen-bond acceptors (Lipinski definition) is 3. The Bertz CT molecular complexity index is 133. The van der Waals surface area contributed by atoms with Crippen LogP contribution in [0, 0.1) is 0 Å². The van der Waals surface area contributed by atoms with Gasteiger partial charge in [0.05, 0.1) is 6.61 Å². The molecule has 13 heavy (non-hydrogen) atoms. The first-order chi connectivity index (χ1) is 6.33. The van der Waals surface area contributed by atoms with Crippen LogP contribution in [0.25, 0.3) is 0 Å². The van der Waals surface area contributed by atoms with Gasteiger partial charge in [-0.1, -0.05) is 13.8 Å². The van der Waals surface area contributed by atoms with Crippen LogP contribution in [0.1, 0.15) is 26.7 Å². The first-order valence-corrected chi connectivity index (χ1v) is 5.40. The summed E-state index contributed by atoms with van der Waals surface area (Å²) >= 11 is 0. The van der Waals surface area contributed by atoms with Gasteiger partial charge in [0.25, 0.3) is 0 Å². The van der Waals surface area contributed by atoms with E-state index in [-0.39, 0.29) is 6.61 Å². The van der Waals surface area contributed by atoms with E-state index in [1.165, 1.54) is 12.8 Å². The summed E-state index contributed by atoms with van der Waals surface area (Å²) in [5, 5.41) is 12.3. The normalized spacial score (nSPS) is 18.2. The summed E-state index contributed by atoms with van der Waals surface area (Å²) in [4.78, 5) is 2.45. The minimum atomic E-state index is 0.285. The van der Waals surface area contributed by atoms with E-state index in [1.807, 2.05) is 0 Å². The Hall–Kier alpha value is -0.120. The SMILES string of the molecule is CCC(CC)N(CCO)C1CNC1. The van der Waals surface area contributed by atoms with Crippen LogP contribution in [0.15, 0.2) is 0 Å². The van der Waals surface area contributed by atoms with Crippen LogP contribution in [0.3, 0.4) is 0 Å². The maximum atomic E-state index is 8.98. The van der Waals surface area contributed by atoms with E-state index in [0.717, 1.165) is 19.6 Å². The van der Waals surface area contributed by atoms with Crippen LogP contribution >= 0.6 is 0 Å². The van der Waals surface area contributed by atoms with Gasteiger partial charge in [0.2, 0.25) is 0 Å². The Balaban J connectivity index is 2.43. The lowest BCUT2D eigenvalue weighted by Gasteiger charge is -2.42. The average molecular weight is 186 g/mol. The third-order valence-corrected chi connectivity index (χ3v) is 3.00. The fraction of sp³-hybridized carbons (Fsp3) is 1.00. The van der Waals surface area contributed by atoms with Gasteiger partial charge in [-0.15, -0.1) is 0 Å². The topological polar surface area (TPSA) is 35.5 Å². The van der Waals surface area contributed by atoms with Gasteiger partial charge in [-0.25, -0.2) is 0 Å². The first-order valence-electron chi connectivity index (χ1n) is 5.40. The number of nitrogens with one attached hydrogen (secondary N) is 1. The van der Waals surface area contributed by atoms with Crippen molar-refractivity contribution < 1.29 is 5.11 Å². The number of nitrogens with zero attached hydrogens (tertiary/aromatic N) is 1. The molecule has 1 aliphatic heterocycles. The summed E-state index contributed by atoms with van der Waals surface area (Å²) in [5.41, 5.74) is 0. The Morgan fingerprint density at radius 3 is 2.31 bits per heavy atom. The van der Waals surface area contributed by atoms with Gasteiger partial charge in [-0.2, -0.15) is 0 Å². The van der Waals surface area contributed by atoms with E-state index >= 15 is 0 Å². The number of rotatable bonds is 6. The molecule has 0 aromatic rings. The Labute approximate surface area is 81.1 Å². The molecule has 0 unspecified atom stereocenters. The summed E-state index contributed by atoms with van der Waals surface area (Å²) in [6.07, 6.45) is 2.38. The van der Waals surface area contributed by atoms with Crippen LogP contribution in [0.2, 0.25) is 0 Å². The number of aliphatic hydroxyl groups is 1. The molecule has 0 aliphatic carbocycles. The molecule has 0 saturated carbocycles. The van der Waals surface area contributed by atoms with E-state index in [1.54, 1.807) is 0 Å². The highest BCUT2D eigenvalue weighted by atomic mass is 16.3. The van der Waals surface area contributed by atoms with Gasteiger partial charge < -0.3 is 10.4 Å². The molecule has 0 aromatic carbocycles. The van der Waals surface area contributed by atoms with E-state index in [9.17, 15) is 0 Å². The van der Waals surface area contributed by atoms with Gasteiger partial charge >= 0.3 is 0 Å². The minimum Gasteiger partial charge on any atom is -0.395 e. The maximum absolute atomic E-state index is 8.98. The molecular weight excluding hydrogens is 164 g/mol. The molecule has 3 heteroatoms. The van der Waals surface area contributed by atoms with Gasteiger partial charge in [-0.05, 0) is 12.8 Å². The first kappa shape index (κ1) is 11.0. The molecule has 2 N–H and O–H groups in total. The van der Waals surface area contributed by atoms with E-state index in [2.05, 4.69) is 24.1 Å². The zero-order valence-electron chi connectivity index (χ0n) is 8.79. The summed E-state index contributed by atoms with van der Waals surface area (Å²) in [7, 11) is 0. The molecule has 1 fully saturated rings. The second-order valence-corrected chi connectivity index (χ2v) is 3.74. The Morgan fingerprint density at radius 2 is 2.00 bits per heavy atom. The zero-order valence-corrected chi connectivity index (χ0v) is 8.79. The van der Waals surface area contributed by atoms with Crippen molar-refractivity contribution >= 4 is 0 Å². The van der Waals surface area contributed by atoms with Crippen LogP contribution in [-0.2, 0) is 0 Å². The van der Waals surface area contributed by atoms with Gasteiger partial charge in [0, 0.05) is 31.7 Å². The molecule has 1 rings (SSSR count). The summed E-state index contributed by atoms with van der Waals surface area (Å²) in [5.74, 6) is 0. The van der Waals surface area contributed by atoms with Gasteiger partial charge in [-0.3, -0.25) is 4.90 Å². The van der Waals surface area contributed by atoms with E-state index in [0.29, 0.717) is 12.1 Å². The molecule has 0 spiro atoms. The average Bonchev–Trinajstić information content (AvgIpc) is 2.04. The predicted molar refractivity (Wildman–Crippen MR) is 54.8 cm³/mol. The lowest BCUT2D eigenvalue weighted by Crippen LogP contribution is -2.60. The third kappa shape index (κ3) is 2.66. The highest BCUT2D eigenvalue weighted by Gasteiger charge is 2.27. The van der Waals surface area contributed by atoms with E-state index in [4.69, 9.17) is 5.11 Å². The largest absolute Gasteiger partial charge is 0.395 e. The molecule has 0 radical (unpaired) electrons. The third-order valence-electron chi connectivity index (χ3n) is 3.00. The van der Waals surface area contributed by atoms with Gasteiger partial charge in [0.1, 0.15) is 0 Å². The quantitative estimate of drug-likeness (QED) is 0.632. The molecule has 0 bridgehead atoms.